The van der Waals surface area contributed by atoms with Gasteiger partial charge in [-0.1, -0.05) is 36.4 Å². The summed E-state index contributed by atoms with van der Waals surface area (Å²) in [6.07, 6.45) is 4.58. The molecule has 0 radical (unpaired) electrons. The predicted molar refractivity (Wildman–Crippen MR) is 119 cm³/mol. The number of carbonyl (C=O) groups excluding carboxylic acids is 1. The van der Waals surface area contributed by atoms with Crippen LogP contribution in [0.1, 0.15) is 11.1 Å². The van der Waals surface area contributed by atoms with Crippen molar-refractivity contribution in [3.63, 3.8) is 0 Å². The Labute approximate surface area is 174 Å². The zero-order chi connectivity index (χ0) is 19.9. The molecule has 2 amide bonds. The Kier molecular flexibility index (Phi) is 6.12. The normalized spacial score (nSPS) is 10.8. The Morgan fingerprint density at radius 1 is 1.03 bits per heavy atom. The van der Waals surface area contributed by atoms with Crippen molar-refractivity contribution in [3.8, 4) is 0 Å². The largest absolute Gasteiger partial charge is 0.361 e. The maximum atomic E-state index is 12.2. The van der Waals surface area contributed by atoms with E-state index in [2.05, 4.69) is 38.8 Å². The highest BCUT2D eigenvalue weighted by atomic mass is 32.2. The molecule has 4 aromatic rings. The van der Waals surface area contributed by atoms with E-state index in [4.69, 9.17) is 0 Å². The highest BCUT2D eigenvalue weighted by molar-refractivity contribution is 7.98. The number of hydrogen-bond donors (Lipinski definition) is 3. The number of thioether (sulfide) groups is 1. The van der Waals surface area contributed by atoms with Crippen LogP contribution in [-0.2, 0) is 12.2 Å². The molecule has 29 heavy (non-hydrogen) atoms. The number of H-pyrrole nitrogens is 1. The topological polar surface area (TPSA) is 69.8 Å². The number of anilines is 1. The average Bonchev–Trinajstić information content (AvgIpc) is 3.16. The lowest BCUT2D eigenvalue weighted by atomic mass is 10.1. The average molecular weight is 403 g/mol. The lowest BCUT2D eigenvalue weighted by molar-refractivity contribution is 0.252. The third-order valence-corrected chi connectivity index (χ3v) is 5.58. The van der Waals surface area contributed by atoms with E-state index in [0.29, 0.717) is 6.54 Å². The molecule has 0 spiro atoms. The maximum absolute atomic E-state index is 12.2. The van der Waals surface area contributed by atoms with Crippen LogP contribution >= 0.6 is 11.8 Å². The molecule has 146 valence electrons. The van der Waals surface area contributed by atoms with Crippen molar-refractivity contribution >= 4 is 34.4 Å². The second kappa shape index (κ2) is 9.30. The monoisotopic (exact) mass is 402 g/mol. The number of benzene rings is 2. The molecule has 2 aromatic heterocycles. The summed E-state index contributed by atoms with van der Waals surface area (Å²) in [4.78, 5) is 19.8. The number of para-hydroxylation sites is 1. The van der Waals surface area contributed by atoms with Gasteiger partial charge in [-0.2, -0.15) is 0 Å². The molecule has 0 unspecified atom stereocenters. The quantitative estimate of drug-likeness (QED) is 0.371. The van der Waals surface area contributed by atoms with E-state index < -0.39 is 0 Å². The van der Waals surface area contributed by atoms with Gasteiger partial charge < -0.3 is 15.6 Å². The van der Waals surface area contributed by atoms with Gasteiger partial charge in [0.25, 0.3) is 0 Å². The van der Waals surface area contributed by atoms with E-state index in [1.165, 1.54) is 10.9 Å². The van der Waals surface area contributed by atoms with Gasteiger partial charge in [-0.15, -0.1) is 11.8 Å². The minimum atomic E-state index is -0.195. The lowest BCUT2D eigenvalue weighted by Crippen LogP contribution is -2.30. The Morgan fingerprint density at radius 2 is 1.93 bits per heavy atom. The molecule has 2 heterocycles. The van der Waals surface area contributed by atoms with Crippen LogP contribution in [0.4, 0.5) is 10.5 Å². The first-order valence-electron chi connectivity index (χ1n) is 9.50. The fourth-order valence-corrected chi connectivity index (χ4v) is 3.96. The Bertz CT molecular complexity index is 1090. The van der Waals surface area contributed by atoms with E-state index in [9.17, 15) is 4.79 Å². The van der Waals surface area contributed by atoms with Gasteiger partial charge in [-0.3, -0.25) is 0 Å². The number of aromatic nitrogens is 2. The van der Waals surface area contributed by atoms with Crippen molar-refractivity contribution in [1.82, 2.24) is 15.3 Å². The number of aromatic amines is 1. The van der Waals surface area contributed by atoms with Gasteiger partial charge in [0.15, 0.2) is 0 Å². The molecule has 0 fully saturated rings. The van der Waals surface area contributed by atoms with Crippen molar-refractivity contribution in [3.05, 3.63) is 90.3 Å². The van der Waals surface area contributed by atoms with Crippen molar-refractivity contribution < 1.29 is 4.79 Å². The number of rotatable bonds is 7. The third kappa shape index (κ3) is 5.18. The number of hydrogen-bond acceptors (Lipinski definition) is 3. The number of nitrogens with one attached hydrogen (secondary N) is 3. The van der Waals surface area contributed by atoms with Gasteiger partial charge in [0.2, 0.25) is 0 Å². The fourth-order valence-electron chi connectivity index (χ4n) is 3.15. The summed E-state index contributed by atoms with van der Waals surface area (Å²) in [5.74, 6) is 0.800. The molecule has 2 aromatic carbocycles. The van der Waals surface area contributed by atoms with Crippen LogP contribution in [0.2, 0.25) is 0 Å². The zero-order valence-electron chi connectivity index (χ0n) is 15.9. The van der Waals surface area contributed by atoms with Gasteiger partial charge in [0.05, 0.1) is 5.03 Å². The van der Waals surface area contributed by atoms with Gasteiger partial charge in [-0.05, 0) is 47.9 Å². The van der Waals surface area contributed by atoms with Crippen LogP contribution in [0, 0.1) is 0 Å². The Morgan fingerprint density at radius 3 is 2.83 bits per heavy atom. The molecule has 0 saturated heterocycles. The number of amides is 2. The minimum Gasteiger partial charge on any atom is -0.361 e. The summed E-state index contributed by atoms with van der Waals surface area (Å²) in [6.45, 7) is 0.572. The van der Waals surface area contributed by atoms with E-state index in [1.54, 1.807) is 18.0 Å². The summed E-state index contributed by atoms with van der Waals surface area (Å²) in [5, 5.41) is 8.04. The van der Waals surface area contributed by atoms with Gasteiger partial charge in [0.1, 0.15) is 0 Å². The van der Waals surface area contributed by atoms with E-state index in [0.717, 1.165) is 34.0 Å². The standard InChI is InChI=1S/C23H22N4OS/c28-23(25-13-11-18-15-26-21-9-2-1-8-20(18)21)27-19-7-5-6-17(14-19)16-29-22-10-3-4-12-24-22/h1-10,12,14-15,26H,11,13,16H2,(H2,25,27,28). The number of pyridine rings is 1. The van der Waals surface area contributed by atoms with Crippen LogP contribution in [0.15, 0.2) is 84.1 Å². The summed E-state index contributed by atoms with van der Waals surface area (Å²) in [7, 11) is 0. The molecule has 4 rings (SSSR count). The Hall–Kier alpha value is -3.25. The number of carbonyl (C=O) groups is 1. The molecule has 0 bridgehead atoms. The number of urea groups is 1. The minimum absolute atomic E-state index is 0.195. The van der Waals surface area contributed by atoms with E-state index >= 15 is 0 Å². The van der Waals surface area contributed by atoms with Crippen LogP contribution < -0.4 is 10.6 Å². The molecule has 0 aliphatic heterocycles. The molecule has 3 N–H and O–H groups in total. The van der Waals surface area contributed by atoms with Crippen molar-refractivity contribution in [2.45, 2.75) is 17.2 Å². The predicted octanol–water partition coefficient (Wildman–Crippen LogP) is 5.22. The van der Waals surface area contributed by atoms with Crippen LogP contribution in [-0.4, -0.2) is 22.5 Å². The molecule has 0 aliphatic carbocycles. The molecule has 5 nitrogen and oxygen atoms in total. The third-order valence-electron chi connectivity index (χ3n) is 4.56. The van der Waals surface area contributed by atoms with Crippen LogP contribution in [0.5, 0.6) is 0 Å². The lowest BCUT2D eigenvalue weighted by Gasteiger charge is -2.09. The van der Waals surface area contributed by atoms with Gasteiger partial charge in [0, 0.05) is 41.3 Å². The summed E-state index contributed by atoms with van der Waals surface area (Å²) in [6, 6.07) is 21.8. The molecule has 0 atom stereocenters. The van der Waals surface area contributed by atoms with Crippen LogP contribution in [0.25, 0.3) is 10.9 Å². The number of fused-ring (bicyclic) bond motifs is 1. The van der Waals surface area contributed by atoms with E-state index in [-0.39, 0.29) is 6.03 Å². The van der Waals surface area contributed by atoms with Crippen LogP contribution in [0.3, 0.4) is 0 Å². The van der Waals surface area contributed by atoms with Gasteiger partial charge >= 0.3 is 6.03 Å². The summed E-state index contributed by atoms with van der Waals surface area (Å²) >= 11 is 1.67. The summed E-state index contributed by atoms with van der Waals surface area (Å²) < 4.78 is 0. The van der Waals surface area contributed by atoms with Crippen molar-refractivity contribution in [1.29, 1.82) is 0 Å². The van der Waals surface area contributed by atoms with Crippen molar-refractivity contribution in [2.75, 3.05) is 11.9 Å². The molecule has 0 aliphatic rings. The van der Waals surface area contributed by atoms with Crippen molar-refractivity contribution in [2.24, 2.45) is 0 Å². The molecule has 0 saturated carbocycles. The second-order valence-electron chi connectivity index (χ2n) is 6.65. The molecular formula is C23H22N4OS. The SMILES string of the molecule is O=C(NCCc1c[nH]c2ccccc12)Nc1cccc(CSc2ccccn2)c1. The summed E-state index contributed by atoms with van der Waals surface area (Å²) in [5.41, 5.74) is 4.24. The fraction of sp³-hybridized carbons (Fsp3) is 0.130. The highest BCUT2D eigenvalue weighted by Crippen LogP contribution is 2.22. The second-order valence-corrected chi connectivity index (χ2v) is 7.64. The number of nitrogens with zero attached hydrogens (tertiary/aromatic N) is 1. The van der Waals surface area contributed by atoms with E-state index in [1.807, 2.05) is 54.7 Å². The maximum Gasteiger partial charge on any atom is 0.319 e. The van der Waals surface area contributed by atoms with Gasteiger partial charge in [-0.25, -0.2) is 9.78 Å². The smallest absolute Gasteiger partial charge is 0.319 e. The first-order valence-corrected chi connectivity index (χ1v) is 10.5. The zero-order valence-corrected chi connectivity index (χ0v) is 16.7. The first-order chi connectivity index (χ1) is 14.3. The molecular weight excluding hydrogens is 380 g/mol. The molecule has 6 heteroatoms. The highest BCUT2D eigenvalue weighted by Gasteiger charge is 2.06. The Balaban J connectivity index is 1.27. The first kappa shape index (κ1) is 19.1.